The molecule has 0 unspecified atom stereocenters. The third kappa shape index (κ3) is 4.61. The van der Waals surface area contributed by atoms with Crippen LogP contribution in [0.4, 0.5) is 11.4 Å². The van der Waals surface area contributed by atoms with E-state index < -0.39 is 0 Å². The number of rotatable bonds is 5. The summed E-state index contributed by atoms with van der Waals surface area (Å²) in [5.74, 6) is -0.0839. The molecule has 1 amide bonds. The summed E-state index contributed by atoms with van der Waals surface area (Å²) in [4.78, 5) is 14.2. The Labute approximate surface area is 139 Å². The first kappa shape index (κ1) is 16.6. The van der Waals surface area contributed by atoms with Gasteiger partial charge in [-0.3, -0.25) is 4.79 Å². The smallest absolute Gasteiger partial charge is 0.237 e. The average Bonchev–Trinajstić information content (AvgIpc) is 2.50. The van der Waals surface area contributed by atoms with Crippen molar-refractivity contribution in [2.24, 2.45) is 0 Å². The van der Waals surface area contributed by atoms with E-state index in [4.69, 9.17) is 11.6 Å². The number of aromatic nitrogens is 2. The van der Waals surface area contributed by atoms with Crippen LogP contribution in [0.25, 0.3) is 0 Å². The lowest BCUT2D eigenvalue weighted by atomic mass is 10.2. The number of nitrogens with zero attached hydrogens (tertiary/aromatic N) is 3. The molecule has 1 atom stereocenters. The molecule has 1 N–H and O–H groups in total. The van der Waals surface area contributed by atoms with Crippen molar-refractivity contribution in [1.82, 2.24) is 10.2 Å². The van der Waals surface area contributed by atoms with E-state index in [2.05, 4.69) is 15.5 Å². The van der Waals surface area contributed by atoms with Gasteiger partial charge in [0.2, 0.25) is 5.91 Å². The number of nitrogens with one attached hydrogen (secondary N) is 1. The van der Waals surface area contributed by atoms with E-state index in [-0.39, 0.29) is 11.2 Å². The van der Waals surface area contributed by atoms with Gasteiger partial charge in [0.05, 0.1) is 5.25 Å². The summed E-state index contributed by atoms with van der Waals surface area (Å²) in [5, 5.41) is 11.3. The van der Waals surface area contributed by atoms with Crippen LogP contribution in [-0.4, -0.2) is 35.4 Å². The van der Waals surface area contributed by atoms with Crippen LogP contribution in [0.5, 0.6) is 0 Å². The molecule has 1 heterocycles. The van der Waals surface area contributed by atoms with Crippen LogP contribution in [-0.2, 0) is 4.79 Å². The number of amides is 1. The van der Waals surface area contributed by atoms with Gasteiger partial charge in [0, 0.05) is 25.5 Å². The first-order chi connectivity index (χ1) is 10.5. The van der Waals surface area contributed by atoms with Gasteiger partial charge in [0.15, 0.2) is 5.15 Å². The third-order valence-electron chi connectivity index (χ3n) is 2.93. The van der Waals surface area contributed by atoms with Gasteiger partial charge in [-0.05, 0) is 43.3 Å². The van der Waals surface area contributed by atoms with Crippen molar-refractivity contribution >= 4 is 40.6 Å². The van der Waals surface area contributed by atoms with Crippen molar-refractivity contribution in [1.29, 1.82) is 0 Å². The van der Waals surface area contributed by atoms with Crippen LogP contribution in [0.3, 0.4) is 0 Å². The minimum Gasteiger partial charge on any atom is -0.378 e. The number of hydrogen-bond acceptors (Lipinski definition) is 5. The number of thioether (sulfide) groups is 1. The van der Waals surface area contributed by atoms with Gasteiger partial charge in [0.1, 0.15) is 5.03 Å². The van der Waals surface area contributed by atoms with Crippen LogP contribution in [0.1, 0.15) is 6.92 Å². The van der Waals surface area contributed by atoms with Gasteiger partial charge in [-0.25, -0.2) is 0 Å². The molecular weight excluding hydrogens is 320 g/mol. The maximum absolute atomic E-state index is 12.2. The first-order valence-electron chi connectivity index (χ1n) is 6.70. The van der Waals surface area contributed by atoms with E-state index in [0.29, 0.717) is 10.2 Å². The lowest BCUT2D eigenvalue weighted by Crippen LogP contribution is -2.22. The average molecular weight is 337 g/mol. The number of carbonyl (C=O) groups excluding carboxylic acids is 1. The highest BCUT2D eigenvalue weighted by atomic mass is 35.5. The molecule has 1 aromatic heterocycles. The van der Waals surface area contributed by atoms with E-state index >= 15 is 0 Å². The fourth-order valence-corrected chi connectivity index (χ4v) is 2.55. The SMILES string of the molecule is C[C@H](Sc1ccc(Cl)nn1)C(=O)Nc1ccc(N(C)C)cc1. The summed E-state index contributed by atoms with van der Waals surface area (Å²) in [7, 11) is 3.94. The van der Waals surface area contributed by atoms with Crippen LogP contribution >= 0.6 is 23.4 Å². The molecule has 5 nitrogen and oxygen atoms in total. The maximum Gasteiger partial charge on any atom is 0.237 e. The fraction of sp³-hybridized carbons (Fsp3) is 0.267. The highest BCUT2D eigenvalue weighted by Crippen LogP contribution is 2.23. The van der Waals surface area contributed by atoms with Crippen molar-refractivity contribution in [3.8, 4) is 0 Å². The van der Waals surface area contributed by atoms with Gasteiger partial charge >= 0.3 is 0 Å². The van der Waals surface area contributed by atoms with Gasteiger partial charge in [0.25, 0.3) is 0 Å². The highest BCUT2D eigenvalue weighted by Gasteiger charge is 2.15. The van der Waals surface area contributed by atoms with Crippen molar-refractivity contribution in [2.75, 3.05) is 24.3 Å². The van der Waals surface area contributed by atoms with E-state index in [1.54, 1.807) is 12.1 Å². The molecule has 22 heavy (non-hydrogen) atoms. The predicted molar refractivity (Wildman–Crippen MR) is 91.8 cm³/mol. The maximum atomic E-state index is 12.2. The van der Waals surface area contributed by atoms with Crippen molar-refractivity contribution in [3.63, 3.8) is 0 Å². The molecule has 2 rings (SSSR count). The van der Waals surface area contributed by atoms with E-state index in [0.717, 1.165) is 11.4 Å². The number of carbonyl (C=O) groups is 1. The summed E-state index contributed by atoms with van der Waals surface area (Å²) in [6.45, 7) is 1.82. The Morgan fingerprint density at radius 3 is 2.41 bits per heavy atom. The highest BCUT2D eigenvalue weighted by molar-refractivity contribution is 8.00. The lowest BCUT2D eigenvalue weighted by Gasteiger charge is -2.14. The molecule has 0 saturated carbocycles. The topological polar surface area (TPSA) is 58.1 Å². The Morgan fingerprint density at radius 1 is 1.18 bits per heavy atom. The van der Waals surface area contributed by atoms with Crippen molar-refractivity contribution in [3.05, 3.63) is 41.6 Å². The molecule has 116 valence electrons. The van der Waals surface area contributed by atoms with Crippen LogP contribution in [0.15, 0.2) is 41.4 Å². The Balaban J connectivity index is 1.94. The molecule has 0 aliphatic rings. The van der Waals surface area contributed by atoms with Gasteiger partial charge < -0.3 is 10.2 Å². The Hall–Kier alpha value is -1.79. The molecule has 0 spiro atoms. The van der Waals surface area contributed by atoms with Crippen LogP contribution < -0.4 is 10.2 Å². The molecule has 7 heteroatoms. The minimum atomic E-state index is -0.288. The largest absolute Gasteiger partial charge is 0.378 e. The Bertz CT molecular complexity index is 631. The summed E-state index contributed by atoms with van der Waals surface area (Å²) >= 11 is 7.02. The van der Waals surface area contributed by atoms with Crippen molar-refractivity contribution in [2.45, 2.75) is 17.2 Å². The van der Waals surface area contributed by atoms with Gasteiger partial charge in [-0.1, -0.05) is 23.4 Å². The first-order valence-corrected chi connectivity index (χ1v) is 7.95. The van der Waals surface area contributed by atoms with Gasteiger partial charge in [-0.2, -0.15) is 0 Å². The Morgan fingerprint density at radius 2 is 1.86 bits per heavy atom. The second-order valence-electron chi connectivity index (χ2n) is 4.88. The number of halogens is 1. The number of hydrogen-bond donors (Lipinski definition) is 1. The molecule has 0 fully saturated rings. The molecule has 1 aromatic carbocycles. The van der Waals surface area contributed by atoms with Gasteiger partial charge in [-0.15, -0.1) is 10.2 Å². The second kappa shape index (κ2) is 7.47. The molecular formula is C15H17ClN4OS. The molecule has 0 aliphatic carbocycles. The van der Waals surface area contributed by atoms with E-state index in [1.807, 2.05) is 50.2 Å². The third-order valence-corrected chi connectivity index (χ3v) is 4.15. The summed E-state index contributed by atoms with van der Waals surface area (Å²) in [6, 6.07) is 11.1. The standard InChI is InChI=1S/C15H17ClN4OS/c1-10(22-14-9-8-13(16)18-19-14)15(21)17-11-4-6-12(7-5-11)20(2)3/h4-10H,1-3H3,(H,17,21)/t10-/m0/s1. The zero-order chi connectivity index (χ0) is 16.1. The summed E-state index contributed by atoms with van der Waals surface area (Å²) in [6.07, 6.45) is 0. The Kier molecular flexibility index (Phi) is 5.63. The monoisotopic (exact) mass is 336 g/mol. The zero-order valence-electron chi connectivity index (χ0n) is 12.6. The molecule has 0 bridgehead atoms. The summed E-state index contributed by atoms with van der Waals surface area (Å²) < 4.78 is 0. The van der Waals surface area contributed by atoms with E-state index in [1.165, 1.54) is 11.8 Å². The fourth-order valence-electron chi connectivity index (χ4n) is 1.69. The van der Waals surface area contributed by atoms with Crippen molar-refractivity contribution < 1.29 is 4.79 Å². The quantitative estimate of drug-likeness (QED) is 0.849. The normalized spacial score (nSPS) is 11.8. The summed E-state index contributed by atoms with van der Waals surface area (Å²) in [5.41, 5.74) is 1.85. The second-order valence-corrected chi connectivity index (χ2v) is 6.63. The number of benzene rings is 1. The van der Waals surface area contributed by atoms with Crippen LogP contribution in [0.2, 0.25) is 5.15 Å². The molecule has 2 aromatic rings. The minimum absolute atomic E-state index is 0.0839. The number of anilines is 2. The molecule has 0 saturated heterocycles. The lowest BCUT2D eigenvalue weighted by molar-refractivity contribution is -0.115. The van der Waals surface area contributed by atoms with Crippen LogP contribution in [0, 0.1) is 0 Å². The predicted octanol–water partition coefficient (Wildman–Crippen LogP) is 3.32. The molecule has 0 radical (unpaired) electrons. The molecule has 0 aliphatic heterocycles. The van der Waals surface area contributed by atoms with E-state index in [9.17, 15) is 4.79 Å². The zero-order valence-corrected chi connectivity index (χ0v) is 14.1.